The molecule has 0 heterocycles. The zero-order valence-electron chi connectivity index (χ0n) is 9.63. The summed E-state index contributed by atoms with van der Waals surface area (Å²) in [6.07, 6.45) is 0.964. The van der Waals surface area contributed by atoms with Crippen molar-refractivity contribution in [2.24, 2.45) is 5.73 Å². The summed E-state index contributed by atoms with van der Waals surface area (Å²) >= 11 is 5.83. The maximum absolute atomic E-state index is 5.94. The molecule has 0 aliphatic heterocycles. The molecule has 0 bridgehead atoms. The number of anilines is 1. The Hall–Kier alpha value is -0.730. The first kappa shape index (κ1) is 12.3. The normalized spacial score (nSPS) is 11.5. The van der Waals surface area contributed by atoms with Crippen molar-refractivity contribution in [2.75, 3.05) is 18.5 Å². The second-order valence-electron chi connectivity index (χ2n) is 4.64. The van der Waals surface area contributed by atoms with Gasteiger partial charge >= 0.3 is 0 Å². The average molecular weight is 227 g/mol. The van der Waals surface area contributed by atoms with E-state index < -0.39 is 0 Å². The Kier molecular flexibility index (Phi) is 4.00. The van der Waals surface area contributed by atoms with E-state index in [9.17, 15) is 0 Å². The van der Waals surface area contributed by atoms with Gasteiger partial charge in [0, 0.05) is 29.8 Å². The van der Waals surface area contributed by atoms with E-state index in [1.54, 1.807) is 0 Å². The molecule has 0 unspecified atom stereocenters. The Bertz CT molecular complexity index is 300. The van der Waals surface area contributed by atoms with Gasteiger partial charge in [0.05, 0.1) is 0 Å². The van der Waals surface area contributed by atoms with Crippen LogP contribution in [-0.2, 0) is 0 Å². The molecule has 0 amide bonds. The predicted molar refractivity (Wildman–Crippen MR) is 67.6 cm³/mol. The third-order valence-electron chi connectivity index (χ3n) is 2.36. The zero-order valence-corrected chi connectivity index (χ0v) is 10.4. The van der Waals surface area contributed by atoms with Crippen molar-refractivity contribution >= 4 is 17.3 Å². The van der Waals surface area contributed by atoms with Crippen LogP contribution in [0.4, 0.5) is 5.69 Å². The van der Waals surface area contributed by atoms with E-state index in [0.717, 1.165) is 18.0 Å². The van der Waals surface area contributed by atoms with Crippen LogP contribution in [0, 0.1) is 0 Å². The smallest absolute Gasteiger partial charge is 0.0407 e. The number of nitrogens with two attached hydrogens (primary N) is 1. The van der Waals surface area contributed by atoms with Gasteiger partial charge in [-0.3, -0.25) is 0 Å². The third-order valence-corrected chi connectivity index (χ3v) is 2.61. The van der Waals surface area contributed by atoms with Gasteiger partial charge in [-0.05, 0) is 44.5 Å². The summed E-state index contributed by atoms with van der Waals surface area (Å²) in [6, 6.07) is 7.85. The predicted octanol–water partition coefficient (Wildman–Crippen LogP) is 2.90. The van der Waals surface area contributed by atoms with E-state index in [-0.39, 0.29) is 5.54 Å². The van der Waals surface area contributed by atoms with Crippen LogP contribution < -0.4 is 10.6 Å². The molecule has 0 aromatic heterocycles. The van der Waals surface area contributed by atoms with Crippen molar-refractivity contribution in [1.29, 1.82) is 0 Å². The highest BCUT2D eigenvalue weighted by Gasteiger charge is 2.11. The van der Waals surface area contributed by atoms with Crippen LogP contribution in [0.3, 0.4) is 0 Å². The van der Waals surface area contributed by atoms with E-state index in [0.29, 0.717) is 0 Å². The Labute approximate surface area is 97.0 Å². The van der Waals surface area contributed by atoms with Gasteiger partial charge in [0.25, 0.3) is 0 Å². The monoisotopic (exact) mass is 226 g/mol. The van der Waals surface area contributed by atoms with Crippen LogP contribution in [0.25, 0.3) is 0 Å². The van der Waals surface area contributed by atoms with Crippen LogP contribution in [-0.4, -0.2) is 19.1 Å². The molecule has 0 radical (unpaired) electrons. The van der Waals surface area contributed by atoms with E-state index in [1.165, 1.54) is 5.69 Å². The Morgan fingerprint density at radius 1 is 1.27 bits per heavy atom. The van der Waals surface area contributed by atoms with Gasteiger partial charge in [-0.15, -0.1) is 0 Å². The molecule has 0 aliphatic carbocycles. The molecule has 0 aliphatic rings. The fourth-order valence-corrected chi connectivity index (χ4v) is 1.41. The number of rotatable bonds is 4. The summed E-state index contributed by atoms with van der Waals surface area (Å²) in [5, 5.41) is 0.770. The summed E-state index contributed by atoms with van der Waals surface area (Å²) in [5.41, 5.74) is 7.00. The molecule has 0 saturated carbocycles. The highest BCUT2D eigenvalue weighted by molar-refractivity contribution is 6.30. The molecule has 0 saturated heterocycles. The summed E-state index contributed by atoms with van der Waals surface area (Å²) in [4.78, 5) is 2.19. The maximum Gasteiger partial charge on any atom is 0.0407 e. The maximum atomic E-state index is 5.94. The molecule has 84 valence electrons. The van der Waals surface area contributed by atoms with Gasteiger partial charge in [0.2, 0.25) is 0 Å². The minimum atomic E-state index is -0.110. The third kappa shape index (κ3) is 4.54. The summed E-state index contributed by atoms with van der Waals surface area (Å²) in [7, 11) is 2.06. The van der Waals surface area contributed by atoms with E-state index in [2.05, 4.69) is 11.9 Å². The standard InChI is InChI=1S/C12H19ClN2/c1-12(2,14)8-9-15(3)11-6-4-10(13)5-7-11/h4-7H,8-9,14H2,1-3H3. The molecule has 15 heavy (non-hydrogen) atoms. The molecule has 1 rings (SSSR count). The molecule has 0 spiro atoms. The average Bonchev–Trinajstić information content (AvgIpc) is 2.14. The van der Waals surface area contributed by atoms with Crippen molar-refractivity contribution in [2.45, 2.75) is 25.8 Å². The van der Waals surface area contributed by atoms with Crippen LogP contribution in [0.2, 0.25) is 5.02 Å². The zero-order chi connectivity index (χ0) is 11.5. The minimum absolute atomic E-state index is 0.110. The molecule has 0 atom stereocenters. The first-order valence-corrected chi connectivity index (χ1v) is 5.52. The van der Waals surface area contributed by atoms with Crippen LogP contribution >= 0.6 is 11.6 Å². The minimum Gasteiger partial charge on any atom is -0.375 e. The first-order chi connectivity index (χ1) is 6.88. The lowest BCUT2D eigenvalue weighted by Gasteiger charge is -2.25. The number of benzene rings is 1. The van der Waals surface area contributed by atoms with Crippen LogP contribution in [0.5, 0.6) is 0 Å². The van der Waals surface area contributed by atoms with Gasteiger partial charge in [-0.1, -0.05) is 11.6 Å². The quantitative estimate of drug-likeness (QED) is 0.856. The second kappa shape index (κ2) is 4.86. The van der Waals surface area contributed by atoms with Crippen molar-refractivity contribution in [3.63, 3.8) is 0 Å². The Morgan fingerprint density at radius 3 is 2.27 bits per heavy atom. The fourth-order valence-electron chi connectivity index (χ4n) is 1.28. The molecule has 1 aromatic carbocycles. The van der Waals surface area contributed by atoms with Gasteiger partial charge in [-0.25, -0.2) is 0 Å². The van der Waals surface area contributed by atoms with E-state index in [1.807, 2.05) is 38.1 Å². The number of nitrogens with zero attached hydrogens (tertiary/aromatic N) is 1. The highest BCUT2D eigenvalue weighted by Crippen LogP contribution is 2.17. The van der Waals surface area contributed by atoms with Crippen molar-refractivity contribution in [3.8, 4) is 0 Å². The Morgan fingerprint density at radius 2 is 1.80 bits per heavy atom. The first-order valence-electron chi connectivity index (χ1n) is 5.14. The Balaban J connectivity index is 2.54. The lowest BCUT2D eigenvalue weighted by Crippen LogP contribution is -2.36. The van der Waals surface area contributed by atoms with Crippen LogP contribution in [0.15, 0.2) is 24.3 Å². The van der Waals surface area contributed by atoms with Crippen LogP contribution in [0.1, 0.15) is 20.3 Å². The molecular weight excluding hydrogens is 208 g/mol. The molecule has 3 heteroatoms. The summed E-state index contributed by atoms with van der Waals surface area (Å²) in [5.74, 6) is 0. The lowest BCUT2D eigenvalue weighted by molar-refractivity contribution is 0.479. The fraction of sp³-hybridized carbons (Fsp3) is 0.500. The topological polar surface area (TPSA) is 29.3 Å². The van der Waals surface area contributed by atoms with Crippen molar-refractivity contribution in [3.05, 3.63) is 29.3 Å². The number of hydrogen-bond donors (Lipinski definition) is 1. The number of halogens is 1. The van der Waals surface area contributed by atoms with Crippen molar-refractivity contribution in [1.82, 2.24) is 0 Å². The number of hydrogen-bond acceptors (Lipinski definition) is 2. The van der Waals surface area contributed by atoms with Gasteiger partial charge in [0.15, 0.2) is 0 Å². The summed E-state index contributed by atoms with van der Waals surface area (Å²) < 4.78 is 0. The van der Waals surface area contributed by atoms with Crippen molar-refractivity contribution < 1.29 is 0 Å². The SMILES string of the molecule is CN(CCC(C)(C)N)c1ccc(Cl)cc1. The highest BCUT2D eigenvalue weighted by atomic mass is 35.5. The second-order valence-corrected chi connectivity index (χ2v) is 5.07. The van der Waals surface area contributed by atoms with Gasteiger partial charge < -0.3 is 10.6 Å². The lowest BCUT2D eigenvalue weighted by atomic mass is 10.0. The van der Waals surface area contributed by atoms with Gasteiger partial charge in [0.1, 0.15) is 0 Å². The molecule has 1 aromatic rings. The molecule has 0 fully saturated rings. The molecule has 2 N–H and O–H groups in total. The van der Waals surface area contributed by atoms with E-state index >= 15 is 0 Å². The van der Waals surface area contributed by atoms with Gasteiger partial charge in [-0.2, -0.15) is 0 Å². The van der Waals surface area contributed by atoms with E-state index in [4.69, 9.17) is 17.3 Å². The molecular formula is C12H19ClN2. The largest absolute Gasteiger partial charge is 0.375 e. The summed E-state index contributed by atoms with van der Waals surface area (Å²) in [6.45, 7) is 5.04. The molecule has 2 nitrogen and oxygen atoms in total.